The van der Waals surface area contributed by atoms with E-state index in [0.717, 1.165) is 38.2 Å². The summed E-state index contributed by atoms with van der Waals surface area (Å²) in [6.07, 6.45) is 0. The van der Waals surface area contributed by atoms with Gasteiger partial charge in [-0.2, -0.15) is 0 Å². The number of rotatable bonds is 5. The van der Waals surface area contributed by atoms with Crippen molar-refractivity contribution in [2.24, 2.45) is 0 Å². The van der Waals surface area contributed by atoms with E-state index in [1.807, 2.05) is 44.2 Å². The highest BCUT2D eigenvalue weighted by Crippen LogP contribution is 2.27. The van der Waals surface area contributed by atoms with E-state index in [4.69, 9.17) is 9.47 Å². The van der Waals surface area contributed by atoms with Crippen molar-refractivity contribution in [2.45, 2.75) is 20.4 Å². The number of ether oxygens (including phenoxy) is 2. The lowest BCUT2D eigenvalue weighted by Gasteiger charge is -2.11. The molecule has 0 spiro atoms. The molecule has 1 heterocycles. The average molecular weight is 326 g/mol. The number of nitroso groups, excluding NO2 is 1. The zero-order valence-electron chi connectivity index (χ0n) is 14.2. The number of nitrogens with zero attached hydrogens (tertiary/aromatic N) is 2. The van der Waals surface area contributed by atoms with Crippen LogP contribution in [-0.4, -0.2) is 28.9 Å². The van der Waals surface area contributed by atoms with Crippen LogP contribution in [0.25, 0.3) is 11.0 Å². The van der Waals surface area contributed by atoms with E-state index in [-0.39, 0.29) is 12.5 Å². The number of H-pyrrole nitrogens is 1. The molecule has 6 heteroatoms. The quantitative estimate of drug-likeness (QED) is 0.724. The van der Waals surface area contributed by atoms with E-state index in [0.29, 0.717) is 5.75 Å². The van der Waals surface area contributed by atoms with Crippen LogP contribution in [-0.2, 0) is 6.54 Å². The van der Waals surface area contributed by atoms with Crippen molar-refractivity contribution in [1.82, 2.24) is 9.97 Å². The molecule has 0 aliphatic rings. The summed E-state index contributed by atoms with van der Waals surface area (Å²) >= 11 is 0. The third kappa shape index (κ3) is 2.82. The molecule has 3 aromatic rings. The van der Waals surface area contributed by atoms with E-state index in [1.165, 1.54) is 0 Å². The molecule has 0 bridgehead atoms. The minimum atomic E-state index is 0.194. The molecule has 0 unspecified atom stereocenters. The van der Waals surface area contributed by atoms with Gasteiger partial charge >= 0.3 is 5.95 Å². The van der Waals surface area contributed by atoms with Gasteiger partial charge in [-0.05, 0) is 47.4 Å². The van der Waals surface area contributed by atoms with Crippen molar-refractivity contribution in [3.63, 3.8) is 0 Å². The van der Waals surface area contributed by atoms with Gasteiger partial charge in [0.25, 0.3) is 0 Å². The zero-order valence-corrected chi connectivity index (χ0v) is 14.2. The van der Waals surface area contributed by atoms with E-state index in [1.54, 1.807) is 14.2 Å². The largest absolute Gasteiger partial charge is 0.497 e. The van der Waals surface area contributed by atoms with Gasteiger partial charge in [0, 0.05) is 6.07 Å². The second-order valence-electron chi connectivity index (χ2n) is 5.68. The van der Waals surface area contributed by atoms with Gasteiger partial charge in [-0.3, -0.25) is 0 Å². The topological polar surface area (TPSA) is 67.2 Å². The number of fused-ring (bicyclic) bond motifs is 1. The first-order valence-electron chi connectivity index (χ1n) is 7.65. The summed E-state index contributed by atoms with van der Waals surface area (Å²) in [5.41, 5.74) is 4.42. The van der Waals surface area contributed by atoms with Gasteiger partial charge in [0.05, 0.1) is 14.2 Å². The fourth-order valence-corrected chi connectivity index (χ4v) is 2.80. The maximum atomic E-state index is 12.5. The number of hydrogen-bond acceptors (Lipinski definition) is 4. The van der Waals surface area contributed by atoms with Gasteiger partial charge in [-0.15, -0.1) is 0 Å². The standard InChI is InChI=1S/C18H20N3O3/c1-11-5-6-13(12(2)17(11)24-4)10-21(22)18-19-15-8-7-14(23-3)9-16(15)20-18/h5-9H,10H2,1-4H3,(H,19,20)/q+1. The lowest BCUT2D eigenvalue weighted by molar-refractivity contribution is -0.487. The van der Waals surface area contributed by atoms with Crippen LogP contribution in [0.2, 0.25) is 0 Å². The molecule has 1 aromatic heterocycles. The number of nitrogens with one attached hydrogen (secondary N) is 1. The van der Waals surface area contributed by atoms with Crippen LogP contribution >= 0.6 is 0 Å². The zero-order chi connectivity index (χ0) is 17.3. The van der Waals surface area contributed by atoms with Gasteiger partial charge in [0.1, 0.15) is 23.6 Å². The summed E-state index contributed by atoms with van der Waals surface area (Å²) < 4.78 is 11.5. The predicted molar refractivity (Wildman–Crippen MR) is 92.1 cm³/mol. The summed E-state index contributed by atoms with van der Waals surface area (Å²) in [6, 6.07) is 9.36. The van der Waals surface area contributed by atoms with E-state index in [9.17, 15) is 4.91 Å². The highest BCUT2D eigenvalue weighted by molar-refractivity contribution is 5.78. The SMILES string of the molecule is COc1ccc2nc([N+](=O)Cc3ccc(C)c(OC)c3C)[nH]c2c1. The summed E-state index contributed by atoms with van der Waals surface area (Å²) in [7, 11) is 3.24. The van der Waals surface area contributed by atoms with Crippen molar-refractivity contribution in [3.8, 4) is 11.5 Å². The lowest BCUT2D eigenvalue weighted by Crippen LogP contribution is -2.05. The van der Waals surface area contributed by atoms with Gasteiger partial charge in [0.15, 0.2) is 5.52 Å². The van der Waals surface area contributed by atoms with Crippen LogP contribution in [0.15, 0.2) is 30.3 Å². The van der Waals surface area contributed by atoms with E-state index < -0.39 is 0 Å². The van der Waals surface area contributed by atoms with E-state index >= 15 is 0 Å². The van der Waals surface area contributed by atoms with Gasteiger partial charge in [-0.1, -0.05) is 22.0 Å². The fraction of sp³-hybridized carbons (Fsp3) is 0.278. The van der Waals surface area contributed by atoms with Crippen LogP contribution in [0, 0.1) is 18.8 Å². The first kappa shape index (κ1) is 16.0. The van der Waals surface area contributed by atoms with Gasteiger partial charge < -0.3 is 9.47 Å². The number of imidazole rings is 1. The maximum Gasteiger partial charge on any atom is 0.433 e. The molecule has 0 radical (unpaired) electrons. The number of methoxy groups -OCH3 is 2. The smallest absolute Gasteiger partial charge is 0.433 e. The first-order valence-corrected chi connectivity index (χ1v) is 7.65. The Labute approximate surface area is 140 Å². The van der Waals surface area contributed by atoms with Crippen molar-refractivity contribution >= 4 is 17.0 Å². The minimum absolute atomic E-state index is 0.194. The third-order valence-corrected chi connectivity index (χ3v) is 4.15. The highest BCUT2D eigenvalue weighted by Gasteiger charge is 2.20. The maximum absolute atomic E-state index is 12.5. The van der Waals surface area contributed by atoms with Gasteiger partial charge in [-0.25, -0.2) is 4.98 Å². The predicted octanol–water partition coefficient (Wildman–Crippen LogP) is 3.81. The Morgan fingerprint density at radius 1 is 1.12 bits per heavy atom. The second kappa shape index (κ2) is 6.31. The Kier molecular flexibility index (Phi) is 4.20. The molecule has 0 aliphatic carbocycles. The van der Waals surface area contributed by atoms with Crippen molar-refractivity contribution in [3.05, 3.63) is 51.9 Å². The molecule has 24 heavy (non-hydrogen) atoms. The average Bonchev–Trinajstić information content (AvgIpc) is 3.01. The molecular weight excluding hydrogens is 306 g/mol. The van der Waals surface area contributed by atoms with Gasteiger partial charge in [0.2, 0.25) is 0 Å². The normalized spacial score (nSPS) is 10.8. The molecule has 2 aromatic carbocycles. The summed E-state index contributed by atoms with van der Waals surface area (Å²) in [5, 5.41) is 0. The van der Waals surface area contributed by atoms with Crippen LogP contribution in [0.5, 0.6) is 11.5 Å². The Morgan fingerprint density at radius 2 is 1.92 bits per heavy atom. The number of aromatic nitrogens is 2. The van der Waals surface area contributed by atoms with Crippen molar-refractivity contribution < 1.29 is 14.2 Å². The molecule has 1 N–H and O–H groups in total. The van der Waals surface area contributed by atoms with Crippen LogP contribution in [0.1, 0.15) is 16.7 Å². The lowest BCUT2D eigenvalue weighted by atomic mass is 10.0. The number of aryl methyl sites for hydroxylation is 1. The van der Waals surface area contributed by atoms with Crippen LogP contribution < -0.4 is 9.47 Å². The molecule has 6 nitrogen and oxygen atoms in total. The molecule has 124 valence electrons. The summed E-state index contributed by atoms with van der Waals surface area (Å²) in [5.74, 6) is 1.81. The van der Waals surface area contributed by atoms with Crippen molar-refractivity contribution in [1.29, 1.82) is 0 Å². The Balaban J connectivity index is 1.90. The molecule has 0 fully saturated rings. The second-order valence-corrected chi connectivity index (χ2v) is 5.68. The molecular formula is C18H20N3O3+. The number of hydrogen-bond donors (Lipinski definition) is 1. The fourth-order valence-electron chi connectivity index (χ4n) is 2.80. The summed E-state index contributed by atoms with van der Waals surface area (Å²) in [4.78, 5) is 19.9. The molecule has 0 saturated heterocycles. The number of aromatic amines is 1. The monoisotopic (exact) mass is 326 g/mol. The molecule has 0 atom stereocenters. The Bertz CT molecular complexity index is 915. The highest BCUT2D eigenvalue weighted by atomic mass is 16.5. The number of benzene rings is 2. The molecule has 0 amide bonds. The Hall–Kier alpha value is -2.89. The van der Waals surface area contributed by atoms with Crippen LogP contribution in [0.3, 0.4) is 0 Å². The summed E-state index contributed by atoms with van der Waals surface area (Å²) in [6.45, 7) is 4.13. The first-order chi connectivity index (χ1) is 11.5. The van der Waals surface area contributed by atoms with Crippen molar-refractivity contribution in [2.75, 3.05) is 14.2 Å². The molecule has 0 saturated carbocycles. The van der Waals surface area contributed by atoms with Crippen LogP contribution in [0.4, 0.5) is 5.95 Å². The van der Waals surface area contributed by atoms with E-state index in [2.05, 4.69) is 9.97 Å². The molecule has 0 aliphatic heterocycles. The molecule has 3 rings (SSSR count). The third-order valence-electron chi connectivity index (χ3n) is 4.15. The minimum Gasteiger partial charge on any atom is -0.497 e. The Morgan fingerprint density at radius 3 is 2.62 bits per heavy atom.